The first-order valence-corrected chi connectivity index (χ1v) is 13.2. The zero-order chi connectivity index (χ0) is 21.8. The Morgan fingerprint density at radius 3 is 2.77 bits per heavy atom. The van der Waals surface area contributed by atoms with E-state index in [1.807, 2.05) is 28.5 Å². The Hall–Kier alpha value is -2.40. The maximum absolute atomic E-state index is 11.5. The number of ether oxygens (including phenoxy) is 1. The van der Waals surface area contributed by atoms with Crippen molar-refractivity contribution in [3.8, 4) is 17.0 Å². The van der Waals surface area contributed by atoms with E-state index in [9.17, 15) is 4.79 Å². The van der Waals surface area contributed by atoms with Crippen LogP contribution in [0.2, 0.25) is 0 Å². The lowest BCUT2D eigenvalue weighted by Gasteiger charge is -2.16. The van der Waals surface area contributed by atoms with E-state index in [0.29, 0.717) is 24.5 Å². The maximum Gasteiger partial charge on any atom is 0.212 e. The van der Waals surface area contributed by atoms with Gasteiger partial charge in [0.05, 0.1) is 13.2 Å². The van der Waals surface area contributed by atoms with Gasteiger partial charge in [-0.2, -0.15) is 0 Å². The van der Waals surface area contributed by atoms with E-state index in [2.05, 4.69) is 43.4 Å². The summed E-state index contributed by atoms with van der Waals surface area (Å²) in [6.45, 7) is 0. The molecule has 31 heavy (non-hydrogen) atoms. The van der Waals surface area contributed by atoms with Crippen LogP contribution < -0.4 is 10.5 Å². The topological polar surface area (TPSA) is 95.4 Å². The molecule has 160 valence electrons. The quantitative estimate of drug-likeness (QED) is 0.351. The van der Waals surface area contributed by atoms with E-state index in [1.54, 1.807) is 28.6 Å². The fourth-order valence-electron chi connectivity index (χ4n) is 3.65. The molecule has 0 amide bonds. The van der Waals surface area contributed by atoms with Crippen LogP contribution in [-0.4, -0.2) is 39.1 Å². The fourth-order valence-corrected chi connectivity index (χ4v) is 4.91. The molecule has 4 rings (SSSR count). The number of rotatable bonds is 6. The van der Waals surface area contributed by atoms with E-state index < -0.39 is 0 Å². The number of hydrogen-bond donors (Lipinski definition) is 1. The SMILES string of the molecule is COc1ccc(-c2cn(SI)c3ncc(/C(C=NC4CCC(=O)CC4)=C/N)cc23)cn1. The summed E-state index contributed by atoms with van der Waals surface area (Å²) in [5, 5.41) is 1.00. The van der Waals surface area contributed by atoms with Crippen LogP contribution >= 0.6 is 30.3 Å². The number of halogens is 1. The second-order valence-electron chi connectivity index (χ2n) is 7.29. The molecular formula is C22H22IN5O2S. The van der Waals surface area contributed by atoms with Crippen molar-refractivity contribution in [3.05, 3.63) is 48.6 Å². The van der Waals surface area contributed by atoms with Gasteiger partial charge in [0.15, 0.2) is 5.65 Å². The Balaban J connectivity index is 1.69. The van der Waals surface area contributed by atoms with Crippen LogP contribution in [0.3, 0.4) is 0 Å². The van der Waals surface area contributed by atoms with Crippen molar-refractivity contribution in [2.24, 2.45) is 10.7 Å². The van der Waals surface area contributed by atoms with E-state index in [0.717, 1.165) is 46.1 Å². The lowest BCUT2D eigenvalue weighted by Crippen LogP contribution is -2.16. The molecule has 2 N–H and O–H groups in total. The molecule has 3 aromatic rings. The molecule has 0 aliphatic heterocycles. The Morgan fingerprint density at radius 1 is 1.32 bits per heavy atom. The van der Waals surface area contributed by atoms with Crippen molar-refractivity contribution in [2.45, 2.75) is 31.7 Å². The minimum Gasteiger partial charge on any atom is -0.481 e. The summed E-state index contributed by atoms with van der Waals surface area (Å²) in [6, 6.07) is 6.09. The zero-order valence-electron chi connectivity index (χ0n) is 17.0. The summed E-state index contributed by atoms with van der Waals surface area (Å²) in [4.78, 5) is 25.2. The lowest BCUT2D eigenvalue weighted by molar-refractivity contribution is -0.120. The Morgan fingerprint density at radius 2 is 2.13 bits per heavy atom. The van der Waals surface area contributed by atoms with Crippen molar-refractivity contribution in [1.82, 2.24) is 13.9 Å². The molecule has 3 heterocycles. The van der Waals surface area contributed by atoms with Crippen LogP contribution in [-0.2, 0) is 4.79 Å². The molecule has 9 heteroatoms. The zero-order valence-corrected chi connectivity index (χ0v) is 20.0. The molecule has 1 fully saturated rings. The highest BCUT2D eigenvalue weighted by molar-refractivity contribution is 14.2. The molecule has 1 aliphatic rings. The molecule has 0 spiro atoms. The lowest BCUT2D eigenvalue weighted by atomic mass is 9.95. The number of methoxy groups -OCH3 is 1. The van der Waals surface area contributed by atoms with Gasteiger partial charge >= 0.3 is 0 Å². The van der Waals surface area contributed by atoms with E-state index in [4.69, 9.17) is 15.5 Å². The van der Waals surface area contributed by atoms with Crippen molar-refractivity contribution in [3.63, 3.8) is 0 Å². The van der Waals surface area contributed by atoms with Crippen molar-refractivity contribution < 1.29 is 9.53 Å². The molecule has 0 atom stereocenters. The third-order valence-corrected chi connectivity index (χ3v) is 7.09. The number of hydrogen-bond acceptors (Lipinski definition) is 7. The fraction of sp³-hybridized carbons (Fsp3) is 0.273. The average Bonchev–Trinajstić information content (AvgIpc) is 3.19. The first-order chi connectivity index (χ1) is 15.1. The van der Waals surface area contributed by atoms with Crippen LogP contribution in [0.15, 0.2) is 48.0 Å². The number of aromatic nitrogens is 3. The highest BCUT2D eigenvalue weighted by Crippen LogP contribution is 2.35. The van der Waals surface area contributed by atoms with Gasteiger partial charge in [-0.15, -0.1) is 0 Å². The van der Waals surface area contributed by atoms with Gasteiger partial charge in [-0.3, -0.25) is 13.8 Å². The van der Waals surface area contributed by atoms with Crippen molar-refractivity contribution >= 4 is 58.9 Å². The van der Waals surface area contributed by atoms with Crippen LogP contribution in [0.1, 0.15) is 31.2 Å². The van der Waals surface area contributed by atoms with E-state index >= 15 is 0 Å². The maximum atomic E-state index is 11.5. The van der Waals surface area contributed by atoms with E-state index in [-0.39, 0.29) is 6.04 Å². The van der Waals surface area contributed by atoms with Gasteiger partial charge in [0.1, 0.15) is 5.78 Å². The number of nitrogens with two attached hydrogens (primary N) is 1. The summed E-state index contributed by atoms with van der Waals surface area (Å²) >= 11 is 2.24. The Labute approximate surface area is 196 Å². The number of allylic oxidation sites excluding steroid dienone is 1. The van der Waals surface area contributed by atoms with Gasteiger partial charge in [-0.1, -0.05) is 0 Å². The van der Waals surface area contributed by atoms with Crippen LogP contribution in [0, 0.1) is 0 Å². The normalized spacial score (nSPS) is 15.8. The number of carbonyl (C=O) groups excluding carboxylic acids is 1. The second kappa shape index (κ2) is 9.82. The van der Waals surface area contributed by atoms with E-state index in [1.165, 1.54) is 0 Å². The van der Waals surface area contributed by atoms with Gasteiger partial charge in [0.25, 0.3) is 0 Å². The highest BCUT2D eigenvalue weighted by atomic mass is 127. The molecule has 1 saturated carbocycles. The third-order valence-electron chi connectivity index (χ3n) is 5.39. The number of aliphatic imine (C=N–C) groups is 1. The first-order valence-electron chi connectivity index (χ1n) is 9.90. The van der Waals surface area contributed by atoms with Gasteiger partial charge in [0, 0.05) is 108 Å². The predicted molar refractivity (Wildman–Crippen MR) is 134 cm³/mol. The number of carbonyl (C=O) groups is 1. The van der Waals surface area contributed by atoms with Crippen molar-refractivity contribution in [2.75, 3.05) is 7.11 Å². The van der Waals surface area contributed by atoms with Gasteiger partial charge in [-0.05, 0) is 25.0 Å². The standard InChI is InChI=1S/C22H22IN5O2S/c1-30-21-7-2-14(10-26-21)20-13-28(31-23)22-19(20)8-15(11-27-22)16(9-24)12-25-17-3-5-18(29)6-4-17/h2,7-13,17H,3-6,24H2,1H3/b16-9+,25-12?. The number of fused-ring (bicyclic) bond motifs is 1. The summed E-state index contributed by atoms with van der Waals surface area (Å²) < 4.78 is 7.20. The molecule has 3 aromatic heterocycles. The largest absolute Gasteiger partial charge is 0.481 e. The van der Waals surface area contributed by atoms with Crippen LogP contribution in [0.4, 0.5) is 0 Å². The van der Waals surface area contributed by atoms with Crippen LogP contribution in [0.25, 0.3) is 27.7 Å². The van der Waals surface area contributed by atoms with Crippen LogP contribution in [0.5, 0.6) is 5.88 Å². The monoisotopic (exact) mass is 547 g/mol. The molecule has 0 saturated heterocycles. The molecule has 0 unspecified atom stereocenters. The van der Waals surface area contributed by atoms with Crippen molar-refractivity contribution in [1.29, 1.82) is 0 Å². The minimum atomic E-state index is 0.168. The molecule has 0 aromatic carbocycles. The number of pyridine rings is 2. The van der Waals surface area contributed by atoms with Gasteiger partial charge in [-0.25, -0.2) is 9.97 Å². The summed E-state index contributed by atoms with van der Waals surface area (Å²) in [6.07, 6.45) is 11.9. The molecule has 0 radical (unpaired) electrons. The number of nitrogens with zero attached hydrogens (tertiary/aromatic N) is 4. The predicted octanol–water partition coefficient (Wildman–Crippen LogP) is 4.84. The number of ketones is 1. The Kier molecular flexibility index (Phi) is 6.91. The number of Topliss-reactive ketones (excluding diaryl/α,β-unsaturated/α-hetero) is 1. The second-order valence-corrected chi connectivity index (χ2v) is 9.01. The van der Waals surface area contributed by atoms with Gasteiger partial charge in [0.2, 0.25) is 5.88 Å². The van der Waals surface area contributed by atoms with Gasteiger partial charge < -0.3 is 10.5 Å². The summed E-state index contributed by atoms with van der Waals surface area (Å²) in [7, 11) is 3.16. The Bertz CT molecular complexity index is 1150. The smallest absolute Gasteiger partial charge is 0.212 e. The minimum absolute atomic E-state index is 0.168. The summed E-state index contributed by atoms with van der Waals surface area (Å²) in [5.74, 6) is 0.900. The molecule has 0 bridgehead atoms. The average molecular weight is 547 g/mol. The molecular weight excluding hydrogens is 525 g/mol. The highest BCUT2D eigenvalue weighted by Gasteiger charge is 2.18. The molecule has 1 aliphatic carbocycles. The molecule has 7 nitrogen and oxygen atoms in total. The summed E-state index contributed by atoms with van der Waals surface area (Å²) in [5.41, 5.74) is 10.5. The third kappa shape index (κ3) is 4.77. The first kappa shape index (κ1) is 21.8.